The van der Waals surface area contributed by atoms with Gasteiger partial charge in [-0.05, 0) is 23.4 Å². The summed E-state index contributed by atoms with van der Waals surface area (Å²) in [5.41, 5.74) is 1.29. The van der Waals surface area contributed by atoms with Crippen LogP contribution in [-0.2, 0) is 6.54 Å². The van der Waals surface area contributed by atoms with Gasteiger partial charge < -0.3 is 5.11 Å². The lowest BCUT2D eigenvalue weighted by Gasteiger charge is -2.14. The van der Waals surface area contributed by atoms with Crippen LogP contribution in [0.2, 0.25) is 0 Å². The van der Waals surface area contributed by atoms with Gasteiger partial charge in [-0.1, -0.05) is 42.5 Å². The third-order valence-electron chi connectivity index (χ3n) is 2.20. The summed E-state index contributed by atoms with van der Waals surface area (Å²) in [6.07, 6.45) is 0. The minimum atomic E-state index is 0.226. The highest BCUT2D eigenvalue weighted by molar-refractivity contribution is 7.07. The van der Waals surface area contributed by atoms with Gasteiger partial charge in [-0.15, -0.1) is 0 Å². The molecule has 1 aromatic carbocycles. The molecule has 2 aromatic rings. The van der Waals surface area contributed by atoms with Gasteiger partial charge in [0, 0.05) is 13.1 Å². The molecule has 1 heterocycles. The van der Waals surface area contributed by atoms with Crippen molar-refractivity contribution in [2.24, 2.45) is 0 Å². The quantitative estimate of drug-likeness (QED) is 0.900. The van der Waals surface area contributed by atoms with Crippen LogP contribution in [-0.4, -0.2) is 30.2 Å². The fourth-order valence-electron chi connectivity index (χ4n) is 1.37. The molecule has 2 rings (SSSR count). The average molecular weight is 249 g/mol. The monoisotopic (exact) mass is 249 g/mol. The molecule has 0 saturated heterocycles. The maximum Gasteiger partial charge on any atom is 0.0558 e. The van der Waals surface area contributed by atoms with Gasteiger partial charge >= 0.3 is 0 Å². The largest absolute Gasteiger partial charge is 0.395 e. The van der Waals surface area contributed by atoms with E-state index in [-0.39, 0.29) is 6.61 Å². The van der Waals surface area contributed by atoms with E-state index in [2.05, 4.69) is 17.0 Å². The Kier molecular flexibility index (Phi) is 7.30. The van der Waals surface area contributed by atoms with E-state index in [4.69, 9.17) is 5.11 Å². The van der Waals surface area contributed by atoms with Crippen LogP contribution in [0.3, 0.4) is 0 Å². The molecular formula is C14H19NOS. The molecule has 0 unspecified atom stereocenters. The maximum absolute atomic E-state index is 8.67. The summed E-state index contributed by atoms with van der Waals surface area (Å²) in [6, 6.07) is 14.3. The van der Waals surface area contributed by atoms with E-state index in [1.807, 2.05) is 48.1 Å². The predicted octanol–water partition coefficient (Wildman–Crippen LogP) is 2.86. The zero-order valence-corrected chi connectivity index (χ0v) is 10.9. The Bertz CT molecular complexity index is 344. The van der Waals surface area contributed by atoms with Crippen LogP contribution >= 0.6 is 11.3 Å². The molecular weight excluding hydrogens is 230 g/mol. The molecule has 0 spiro atoms. The van der Waals surface area contributed by atoms with Crippen molar-refractivity contribution in [3.63, 3.8) is 0 Å². The lowest BCUT2D eigenvalue weighted by Crippen LogP contribution is -2.21. The summed E-state index contributed by atoms with van der Waals surface area (Å²) in [4.78, 5) is 2.09. The summed E-state index contributed by atoms with van der Waals surface area (Å²) < 4.78 is 0. The van der Waals surface area contributed by atoms with Crippen LogP contribution in [0.15, 0.2) is 53.2 Å². The van der Waals surface area contributed by atoms with Crippen LogP contribution in [0.5, 0.6) is 0 Å². The van der Waals surface area contributed by atoms with Crippen molar-refractivity contribution in [2.45, 2.75) is 6.54 Å². The number of hydrogen-bond donors (Lipinski definition) is 1. The Labute approximate surface area is 107 Å². The first-order valence-corrected chi connectivity index (χ1v) is 6.57. The smallest absolute Gasteiger partial charge is 0.0558 e. The van der Waals surface area contributed by atoms with Gasteiger partial charge in [0.15, 0.2) is 0 Å². The minimum absolute atomic E-state index is 0.226. The van der Waals surface area contributed by atoms with Crippen LogP contribution < -0.4 is 0 Å². The van der Waals surface area contributed by atoms with E-state index in [9.17, 15) is 0 Å². The molecule has 0 atom stereocenters. The van der Waals surface area contributed by atoms with Crippen LogP contribution in [0, 0.1) is 0 Å². The maximum atomic E-state index is 8.67. The topological polar surface area (TPSA) is 23.5 Å². The van der Waals surface area contributed by atoms with Crippen LogP contribution in [0.4, 0.5) is 0 Å². The van der Waals surface area contributed by atoms with Gasteiger partial charge in [-0.2, -0.15) is 11.3 Å². The Morgan fingerprint density at radius 1 is 1.06 bits per heavy atom. The molecule has 1 N–H and O–H groups in total. The number of nitrogens with zero attached hydrogens (tertiary/aromatic N) is 1. The first kappa shape index (κ1) is 13.9. The van der Waals surface area contributed by atoms with Gasteiger partial charge in [0.2, 0.25) is 0 Å². The number of rotatable bonds is 4. The minimum Gasteiger partial charge on any atom is -0.395 e. The van der Waals surface area contributed by atoms with Gasteiger partial charge in [-0.3, -0.25) is 4.90 Å². The van der Waals surface area contributed by atoms with Crippen molar-refractivity contribution in [3.8, 4) is 0 Å². The first-order valence-electron chi connectivity index (χ1n) is 5.63. The summed E-state index contributed by atoms with van der Waals surface area (Å²) in [6.45, 7) is 1.86. The van der Waals surface area contributed by atoms with Crippen molar-refractivity contribution in [1.29, 1.82) is 0 Å². The number of thiophene rings is 1. The molecule has 1 aromatic heterocycles. The molecule has 0 aliphatic carbocycles. The third kappa shape index (κ3) is 6.89. The number of benzene rings is 1. The highest BCUT2D eigenvalue weighted by atomic mass is 32.1. The number of likely N-dealkylation sites (N-methyl/N-ethyl adjacent to an activating group) is 1. The molecule has 17 heavy (non-hydrogen) atoms. The Balaban J connectivity index is 0.000000239. The average Bonchev–Trinajstić information content (AvgIpc) is 2.89. The summed E-state index contributed by atoms with van der Waals surface area (Å²) in [7, 11) is 2.00. The molecule has 0 bridgehead atoms. The fraction of sp³-hybridized carbons (Fsp3) is 0.286. The van der Waals surface area contributed by atoms with E-state index in [1.54, 1.807) is 11.3 Å². The molecule has 92 valence electrons. The summed E-state index contributed by atoms with van der Waals surface area (Å²) in [5.74, 6) is 0. The van der Waals surface area contributed by atoms with Gasteiger partial charge in [0.05, 0.1) is 6.61 Å². The number of aliphatic hydroxyl groups is 1. The predicted molar refractivity (Wildman–Crippen MR) is 74.2 cm³/mol. The molecule has 0 radical (unpaired) electrons. The van der Waals surface area contributed by atoms with E-state index in [0.29, 0.717) is 0 Å². The molecule has 2 nitrogen and oxygen atoms in total. The second-order valence-corrected chi connectivity index (χ2v) is 4.56. The Morgan fingerprint density at radius 3 is 2.18 bits per heavy atom. The molecule has 3 heteroatoms. The van der Waals surface area contributed by atoms with Crippen LogP contribution in [0.1, 0.15) is 5.56 Å². The second kappa shape index (κ2) is 8.93. The number of hydrogen-bond acceptors (Lipinski definition) is 3. The summed E-state index contributed by atoms with van der Waals surface area (Å²) >= 11 is 1.71. The first-order chi connectivity index (χ1) is 8.33. The van der Waals surface area contributed by atoms with E-state index in [0.717, 1.165) is 13.1 Å². The summed E-state index contributed by atoms with van der Waals surface area (Å²) in [5, 5.41) is 12.8. The van der Waals surface area contributed by atoms with E-state index < -0.39 is 0 Å². The Morgan fingerprint density at radius 2 is 1.71 bits per heavy atom. The van der Waals surface area contributed by atoms with Gasteiger partial charge in [0.25, 0.3) is 0 Å². The van der Waals surface area contributed by atoms with Gasteiger partial charge in [-0.25, -0.2) is 0 Å². The molecule has 0 saturated carbocycles. The van der Waals surface area contributed by atoms with Crippen molar-refractivity contribution in [3.05, 3.63) is 58.8 Å². The molecule has 0 aliphatic rings. The van der Waals surface area contributed by atoms with Crippen molar-refractivity contribution < 1.29 is 5.11 Å². The fourth-order valence-corrected chi connectivity index (χ4v) is 1.83. The Hall–Kier alpha value is -1.16. The van der Waals surface area contributed by atoms with Crippen LogP contribution in [0.25, 0.3) is 0 Å². The lowest BCUT2D eigenvalue weighted by atomic mass is 10.2. The number of aliphatic hydroxyl groups excluding tert-OH is 1. The zero-order valence-electron chi connectivity index (χ0n) is 10.1. The highest BCUT2D eigenvalue weighted by Crippen LogP contribution is 2.01. The molecule has 0 aliphatic heterocycles. The standard InChI is InChI=1S/C10H15NO.C4H4S/c1-11(7-8-12)9-10-5-3-2-4-6-10;1-2-4-5-3-1/h2-6,12H,7-9H2,1H3;1-4H. The second-order valence-electron chi connectivity index (χ2n) is 3.74. The SMILES string of the molecule is CN(CCO)Cc1ccccc1.c1ccsc1. The normalized spacial score (nSPS) is 9.82. The van der Waals surface area contributed by atoms with Crippen molar-refractivity contribution in [2.75, 3.05) is 20.2 Å². The highest BCUT2D eigenvalue weighted by Gasteiger charge is 1.97. The molecule has 0 amide bonds. The van der Waals surface area contributed by atoms with Crippen molar-refractivity contribution >= 4 is 11.3 Å². The van der Waals surface area contributed by atoms with E-state index >= 15 is 0 Å². The van der Waals surface area contributed by atoms with Crippen molar-refractivity contribution in [1.82, 2.24) is 4.90 Å². The van der Waals surface area contributed by atoms with Gasteiger partial charge in [0.1, 0.15) is 0 Å². The zero-order chi connectivity index (χ0) is 12.3. The van der Waals surface area contributed by atoms with E-state index in [1.165, 1.54) is 5.56 Å². The lowest BCUT2D eigenvalue weighted by molar-refractivity contribution is 0.217. The third-order valence-corrected chi connectivity index (χ3v) is 2.83. The molecule has 0 fully saturated rings.